The van der Waals surface area contributed by atoms with E-state index in [0.29, 0.717) is 0 Å². The van der Waals surface area contributed by atoms with E-state index in [2.05, 4.69) is 166 Å². The largest absolute Gasteiger partial charge is 0.455 e. The number of para-hydroxylation sites is 1. The summed E-state index contributed by atoms with van der Waals surface area (Å²) in [6, 6.07) is 32.3. The van der Waals surface area contributed by atoms with Crippen LogP contribution < -0.4 is 0 Å². The van der Waals surface area contributed by atoms with Crippen molar-refractivity contribution in [3.63, 3.8) is 0 Å². The second-order valence-corrected chi connectivity index (χ2v) is 17.5. The van der Waals surface area contributed by atoms with Gasteiger partial charge in [-0.05, 0) is 74.4 Å². The van der Waals surface area contributed by atoms with Gasteiger partial charge in [0, 0.05) is 43.8 Å². The average Bonchev–Trinajstić information content (AvgIpc) is 3.60. The highest BCUT2D eigenvalue weighted by Crippen LogP contribution is 2.53. The van der Waals surface area contributed by atoms with Gasteiger partial charge in [0.1, 0.15) is 11.2 Å². The van der Waals surface area contributed by atoms with Gasteiger partial charge >= 0.3 is 0 Å². The van der Waals surface area contributed by atoms with E-state index in [1.807, 2.05) is 0 Å². The van der Waals surface area contributed by atoms with E-state index in [4.69, 9.17) is 4.42 Å². The Bertz CT molecular complexity index is 2420. The molecule has 0 aliphatic heterocycles. The van der Waals surface area contributed by atoms with Gasteiger partial charge in [-0.2, -0.15) is 0 Å². The third-order valence-electron chi connectivity index (χ3n) is 10.8. The Labute approximate surface area is 279 Å². The second-order valence-electron chi connectivity index (χ2n) is 17.5. The fourth-order valence-electron chi connectivity index (χ4n) is 8.17. The molecule has 2 nitrogen and oxygen atoms in total. The summed E-state index contributed by atoms with van der Waals surface area (Å²) in [6.45, 7) is 25.5. The van der Waals surface area contributed by atoms with Gasteiger partial charge in [0.25, 0.3) is 0 Å². The van der Waals surface area contributed by atoms with Crippen LogP contribution in [0.2, 0.25) is 0 Å². The summed E-state index contributed by atoms with van der Waals surface area (Å²) in [5, 5.41) is 5.04. The maximum Gasteiger partial charge on any atom is 0.139 e. The smallest absolute Gasteiger partial charge is 0.139 e. The summed E-state index contributed by atoms with van der Waals surface area (Å²) in [4.78, 5) is 0. The number of fused-ring (bicyclic) bond motifs is 10. The molecule has 0 spiro atoms. The summed E-state index contributed by atoms with van der Waals surface area (Å²) >= 11 is 0. The number of nitrogens with zero attached hydrogens (tertiary/aromatic N) is 1. The summed E-state index contributed by atoms with van der Waals surface area (Å²) < 4.78 is 9.50. The van der Waals surface area contributed by atoms with E-state index in [1.165, 1.54) is 77.2 Å². The van der Waals surface area contributed by atoms with Crippen LogP contribution in [0.15, 0.2) is 89.3 Å². The minimum Gasteiger partial charge on any atom is -0.455 e. The highest BCUT2D eigenvalue weighted by atomic mass is 16.3. The quantitative estimate of drug-likeness (QED) is 0.179. The van der Waals surface area contributed by atoms with Crippen molar-refractivity contribution in [2.75, 3.05) is 0 Å². The van der Waals surface area contributed by atoms with Crippen LogP contribution in [0.25, 0.3) is 60.6 Å². The monoisotopic (exact) mass is 617 g/mol. The summed E-state index contributed by atoms with van der Waals surface area (Å²) in [5.41, 5.74) is 14.9. The fraction of sp³-hybridized carbons (Fsp3) is 0.333. The van der Waals surface area contributed by atoms with E-state index < -0.39 is 0 Å². The lowest BCUT2D eigenvalue weighted by Crippen LogP contribution is -2.16. The van der Waals surface area contributed by atoms with Crippen LogP contribution >= 0.6 is 0 Å². The van der Waals surface area contributed by atoms with Crippen LogP contribution in [-0.2, 0) is 21.7 Å². The van der Waals surface area contributed by atoms with Gasteiger partial charge in [0.15, 0.2) is 0 Å². The van der Waals surface area contributed by atoms with Crippen LogP contribution in [0.4, 0.5) is 0 Å². The minimum atomic E-state index is -0.125. The zero-order valence-electron chi connectivity index (χ0n) is 29.9. The van der Waals surface area contributed by atoms with E-state index >= 15 is 0 Å². The van der Waals surface area contributed by atoms with Crippen molar-refractivity contribution < 1.29 is 4.42 Å². The van der Waals surface area contributed by atoms with Crippen molar-refractivity contribution in [2.24, 2.45) is 0 Å². The summed E-state index contributed by atoms with van der Waals surface area (Å²) in [6.07, 6.45) is 0. The van der Waals surface area contributed by atoms with E-state index in [-0.39, 0.29) is 21.7 Å². The Balaban J connectivity index is 1.53. The molecule has 2 heterocycles. The molecule has 0 radical (unpaired) electrons. The molecule has 0 N–H and O–H groups in total. The van der Waals surface area contributed by atoms with Gasteiger partial charge in [-0.1, -0.05) is 131 Å². The lowest BCUT2D eigenvalue weighted by molar-refractivity contribution is 0.550. The lowest BCUT2D eigenvalue weighted by Gasteiger charge is -2.25. The average molecular weight is 618 g/mol. The number of furan rings is 1. The van der Waals surface area contributed by atoms with Crippen LogP contribution in [-0.4, -0.2) is 4.57 Å². The van der Waals surface area contributed by atoms with Gasteiger partial charge in [-0.25, -0.2) is 0 Å². The van der Waals surface area contributed by atoms with Crippen LogP contribution in [0.3, 0.4) is 0 Å². The van der Waals surface area contributed by atoms with Crippen LogP contribution in [0.1, 0.15) is 104 Å². The molecule has 0 bridgehead atoms. The summed E-state index contributed by atoms with van der Waals surface area (Å²) in [7, 11) is 0. The lowest BCUT2D eigenvalue weighted by atomic mass is 9.79. The van der Waals surface area contributed by atoms with Gasteiger partial charge in [-0.3, -0.25) is 0 Å². The molecule has 7 aromatic rings. The zero-order valence-corrected chi connectivity index (χ0v) is 29.9. The fourth-order valence-corrected chi connectivity index (χ4v) is 8.17. The number of hydrogen-bond acceptors (Lipinski definition) is 1. The highest BCUT2D eigenvalue weighted by molar-refractivity contribution is 6.18. The van der Waals surface area contributed by atoms with E-state index in [9.17, 15) is 0 Å². The molecule has 0 unspecified atom stereocenters. The Kier molecular flexibility index (Phi) is 6.02. The molecule has 5 aromatic carbocycles. The van der Waals surface area contributed by atoms with Crippen LogP contribution in [0.5, 0.6) is 0 Å². The zero-order chi connectivity index (χ0) is 33.4. The van der Waals surface area contributed by atoms with Crippen molar-refractivity contribution in [3.8, 4) is 16.8 Å². The molecule has 47 heavy (non-hydrogen) atoms. The van der Waals surface area contributed by atoms with Crippen molar-refractivity contribution in [1.82, 2.24) is 4.57 Å². The van der Waals surface area contributed by atoms with Crippen molar-refractivity contribution in [3.05, 3.63) is 113 Å². The molecule has 2 aromatic heterocycles. The standard InChI is InChI=1S/C45H47NO/c1-42(2,3)26-22-30-31-24-27(25-35(44(7,8)9)41(31)47-40(30)34(23-26)43(4,5)6)46-36-19-15-13-17-29(36)39-37(46)21-20-33-38(39)28-16-12-14-18-32(28)45(33,10)11/h12-25H,1-11H3. The first kappa shape index (κ1) is 30.1. The van der Waals surface area contributed by atoms with Gasteiger partial charge in [0.2, 0.25) is 0 Å². The minimum absolute atomic E-state index is 0.0134. The number of aromatic nitrogens is 1. The first-order valence-corrected chi connectivity index (χ1v) is 17.2. The Morgan fingerprint density at radius 1 is 0.553 bits per heavy atom. The molecule has 8 rings (SSSR count). The van der Waals surface area contributed by atoms with Crippen molar-refractivity contribution in [2.45, 2.75) is 97.8 Å². The molecule has 0 saturated carbocycles. The molecule has 238 valence electrons. The van der Waals surface area contributed by atoms with Crippen molar-refractivity contribution >= 4 is 43.7 Å². The van der Waals surface area contributed by atoms with Crippen molar-refractivity contribution in [1.29, 1.82) is 0 Å². The molecule has 1 aliphatic rings. The van der Waals surface area contributed by atoms with E-state index in [0.717, 1.165) is 11.2 Å². The maximum atomic E-state index is 7.00. The first-order chi connectivity index (χ1) is 22.0. The second kappa shape index (κ2) is 9.41. The number of hydrogen-bond donors (Lipinski definition) is 0. The van der Waals surface area contributed by atoms with Gasteiger partial charge in [0.05, 0.1) is 11.0 Å². The maximum absolute atomic E-state index is 7.00. The number of benzene rings is 5. The van der Waals surface area contributed by atoms with Gasteiger partial charge in [-0.15, -0.1) is 0 Å². The first-order valence-electron chi connectivity index (χ1n) is 17.2. The third kappa shape index (κ3) is 4.23. The Morgan fingerprint density at radius 2 is 1.17 bits per heavy atom. The molecule has 0 amide bonds. The predicted molar refractivity (Wildman–Crippen MR) is 202 cm³/mol. The highest BCUT2D eigenvalue weighted by Gasteiger charge is 2.37. The topological polar surface area (TPSA) is 18.1 Å². The van der Waals surface area contributed by atoms with E-state index in [1.54, 1.807) is 0 Å². The molecule has 2 heteroatoms. The molecule has 0 saturated heterocycles. The molecular weight excluding hydrogens is 571 g/mol. The summed E-state index contributed by atoms with van der Waals surface area (Å²) in [5.74, 6) is 0. The molecule has 1 aliphatic carbocycles. The van der Waals surface area contributed by atoms with Crippen LogP contribution in [0, 0.1) is 0 Å². The SMILES string of the molecule is CC(C)(C)c1cc(C(C)(C)C)c2oc3c(C(C)(C)C)cc(-n4c5ccccc5c5c6c(ccc54)C(C)(C)c4ccccc4-6)cc3c2c1. The Morgan fingerprint density at radius 3 is 1.85 bits per heavy atom. The molecule has 0 fully saturated rings. The van der Waals surface area contributed by atoms with Gasteiger partial charge < -0.3 is 8.98 Å². The molecule has 0 atom stereocenters. The normalized spacial score (nSPS) is 14.9. The molecular formula is C45H47NO. The Hall–Kier alpha value is -4.30. The third-order valence-corrected chi connectivity index (χ3v) is 10.8. The number of rotatable bonds is 1. The predicted octanol–water partition coefficient (Wildman–Crippen LogP) is 12.9.